The molecule has 0 spiro atoms. The second-order valence-corrected chi connectivity index (χ2v) is 6.81. The quantitative estimate of drug-likeness (QED) is 0.849. The van der Waals surface area contributed by atoms with E-state index in [9.17, 15) is 0 Å². The first-order chi connectivity index (χ1) is 8.94. The predicted octanol–water partition coefficient (Wildman–Crippen LogP) is 3.47. The van der Waals surface area contributed by atoms with Crippen LogP contribution in [0.25, 0.3) is 5.65 Å². The van der Waals surface area contributed by atoms with Gasteiger partial charge in [0.1, 0.15) is 5.65 Å². The highest BCUT2D eigenvalue weighted by molar-refractivity contribution is 6.20. The van der Waals surface area contributed by atoms with Gasteiger partial charge in [-0.1, -0.05) is 26.8 Å². The molecule has 19 heavy (non-hydrogen) atoms. The molecule has 1 atom stereocenters. The zero-order valence-electron chi connectivity index (χ0n) is 11.9. The molecule has 0 fully saturated rings. The van der Waals surface area contributed by atoms with Crippen molar-refractivity contribution in [1.29, 1.82) is 0 Å². The van der Waals surface area contributed by atoms with E-state index in [-0.39, 0.29) is 10.8 Å². The van der Waals surface area contributed by atoms with Gasteiger partial charge in [-0.15, -0.1) is 11.6 Å². The van der Waals surface area contributed by atoms with E-state index >= 15 is 0 Å². The van der Waals surface area contributed by atoms with Gasteiger partial charge in [-0.2, -0.15) is 0 Å². The van der Waals surface area contributed by atoms with Gasteiger partial charge in [0.2, 0.25) is 0 Å². The summed E-state index contributed by atoms with van der Waals surface area (Å²) in [5, 5.41) is 3.54. The van der Waals surface area contributed by atoms with Crippen molar-refractivity contribution < 1.29 is 0 Å². The van der Waals surface area contributed by atoms with Crippen LogP contribution in [0.3, 0.4) is 0 Å². The summed E-state index contributed by atoms with van der Waals surface area (Å²) in [6.45, 7) is 8.21. The van der Waals surface area contributed by atoms with Gasteiger partial charge in [0.05, 0.1) is 5.69 Å². The topological polar surface area (TPSA) is 29.3 Å². The number of aromatic nitrogens is 2. The Morgan fingerprint density at radius 2 is 2.16 bits per heavy atom. The highest BCUT2D eigenvalue weighted by Gasteiger charge is 2.16. The molecule has 1 unspecified atom stereocenters. The average Bonchev–Trinajstić information content (AvgIpc) is 2.68. The van der Waals surface area contributed by atoms with Crippen LogP contribution in [0.2, 0.25) is 0 Å². The molecule has 0 aromatic carbocycles. The molecule has 0 aliphatic heterocycles. The minimum Gasteiger partial charge on any atom is -0.310 e. The largest absolute Gasteiger partial charge is 0.310 e. The average molecular weight is 280 g/mol. The molecule has 0 aliphatic rings. The number of hydrogen-bond donors (Lipinski definition) is 1. The molecule has 4 heteroatoms. The summed E-state index contributed by atoms with van der Waals surface area (Å²) in [5.74, 6) is 0. The third-order valence-electron chi connectivity index (χ3n) is 2.92. The molecular formula is C15H22ClN3. The number of hydrogen-bond acceptors (Lipinski definition) is 2. The molecule has 2 aromatic heterocycles. The Kier molecular flexibility index (Phi) is 4.48. The van der Waals surface area contributed by atoms with Gasteiger partial charge in [0, 0.05) is 30.9 Å². The van der Waals surface area contributed by atoms with E-state index in [4.69, 9.17) is 11.6 Å². The van der Waals surface area contributed by atoms with Gasteiger partial charge in [-0.25, -0.2) is 4.98 Å². The van der Waals surface area contributed by atoms with Crippen LogP contribution >= 0.6 is 11.6 Å². The number of pyridine rings is 1. The van der Waals surface area contributed by atoms with Gasteiger partial charge in [-0.3, -0.25) is 0 Å². The lowest BCUT2D eigenvalue weighted by atomic mass is 9.90. The van der Waals surface area contributed by atoms with Gasteiger partial charge in [-0.05, 0) is 24.0 Å². The molecule has 104 valence electrons. The molecule has 2 rings (SSSR count). The number of alkyl halides is 1. The van der Waals surface area contributed by atoms with Crippen molar-refractivity contribution in [2.45, 2.75) is 39.1 Å². The van der Waals surface area contributed by atoms with Crippen molar-refractivity contribution in [1.82, 2.24) is 14.7 Å². The smallest absolute Gasteiger partial charge is 0.137 e. The molecular weight excluding hydrogens is 258 g/mol. The fourth-order valence-electron chi connectivity index (χ4n) is 2.17. The zero-order valence-corrected chi connectivity index (χ0v) is 12.6. The van der Waals surface area contributed by atoms with E-state index in [2.05, 4.69) is 37.3 Å². The molecule has 0 saturated heterocycles. The summed E-state index contributed by atoms with van der Waals surface area (Å²) in [6, 6.07) is 6.01. The highest BCUT2D eigenvalue weighted by Crippen LogP contribution is 2.23. The highest BCUT2D eigenvalue weighted by atomic mass is 35.5. The van der Waals surface area contributed by atoms with Crippen molar-refractivity contribution in [3.05, 3.63) is 36.3 Å². The van der Waals surface area contributed by atoms with Crippen LogP contribution in [0, 0.1) is 5.41 Å². The standard InChI is InChI=1S/C15H22ClN3/c1-15(2,3)8-12(16)9-17-10-13-11-19-7-5-4-6-14(19)18-13/h4-7,11-12,17H,8-10H2,1-3H3. The second-order valence-electron chi connectivity index (χ2n) is 6.19. The lowest BCUT2D eigenvalue weighted by Crippen LogP contribution is -2.26. The summed E-state index contributed by atoms with van der Waals surface area (Å²) in [4.78, 5) is 4.54. The second kappa shape index (κ2) is 5.93. The van der Waals surface area contributed by atoms with Crippen LogP contribution < -0.4 is 5.32 Å². The van der Waals surface area contributed by atoms with E-state index in [0.717, 1.165) is 30.9 Å². The number of nitrogens with zero attached hydrogens (tertiary/aromatic N) is 2. The Labute approximate surface area is 120 Å². The Balaban J connectivity index is 1.82. The lowest BCUT2D eigenvalue weighted by molar-refractivity contribution is 0.364. The van der Waals surface area contributed by atoms with Crippen molar-refractivity contribution in [2.75, 3.05) is 6.54 Å². The van der Waals surface area contributed by atoms with E-state index in [1.165, 1.54) is 0 Å². The zero-order chi connectivity index (χ0) is 13.9. The summed E-state index contributed by atoms with van der Waals surface area (Å²) in [7, 11) is 0. The number of rotatable bonds is 5. The molecule has 2 heterocycles. The number of imidazole rings is 1. The monoisotopic (exact) mass is 279 g/mol. The van der Waals surface area contributed by atoms with E-state index < -0.39 is 0 Å². The summed E-state index contributed by atoms with van der Waals surface area (Å²) >= 11 is 6.32. The van der Waals surface area contributed by atoms with Crippen LogP contribution in [0.1, 0.15) is 32.9 Å². The SMILES string of the molecule is CC(C)(C)CC(Cl)CNCc1cn2ccccc2n1. The van der Waals surface area contributed by atoms with Gasteiger partial charge in [0.25, 0.3) is 0 Å². The first-order valence-corrected chi connectivity index (χ1v) is 7.15. The van der Waals surface area contributed by atoms with E-state index in [1.807, 2.05) is 28.8 Å². The maximum absolute atomic E-state index is 6.32. The van der Waals surface area contributed by atoms with Crippen LogP contribution in [0.4, 0.5) is 0 Å². The third-order valence-corrected chi connectivity index (χ3v) is 3.23. The number of halogens is 1. The van der Waals surface area contributed by atoms with Crippen molar-refractivity contribution in [3.8, 4) is 0 Å². The molecule has 0 saturated carbocycles. The van der Waals surface area contributed by atoms with Crippen molar-refractivity contribution >= 4 is 17.2 Å². The molecule has 0 radical (unpaired) electrons. The minimum atomic E-state index is 0.164. The van der Waals surface area contributed by atoms with Gasteiger partial charge >= 0.3 is 0 Å². The first kappa shape index (κ1) is 14.4. The molecule has 0 amide bonds. The van der Waals surface area contributed by atoms with E-state index in [1.54, 1.807) is 0 Å². The molecule has 0 bridgehead atoms. The normalized spacial score (nSPS) is 13.9. The Morgan fingerprint density at radius 3 is 2.84 bits per heavy atom. The fraction of sp³-hybridized carbons (Fsp3) is 0.533. The Bertz CT molecular complexity index is 494. The number of fused-ring (bicyclic) bond motifs is 1. The first-order valence-electron chi connectivity index (χ1n) is 6.71. The van der Waals surface area contributed by atoms with Gasteiger partial charge < -0.3 is 9.72 Å². The summed E-state index contributed by atoms with van der Waals surface area (Å²) < 4.78 is 2.03. The molecule has 2 aromatic rings. The fourth-order valence-corrected chi connectivity index (χ4v) is 2.74. The van der Waals surface area contributed by atoms with Crippen molar-refractivity contribution in [2.24, 2.45) is 5.41 Å². The third kappa shape index (κ3) is 4.51. The molecule has 1 N–H and O–H groups in total. The maximum Gasteiger partial charge on any atom is 0.137 e. The van der Waals surface area contributed by atoms with Crippen LogP contribution in [0.15, 0.2) is 30.6 Å². The lowest BCUT2D eigenvalue weighted by Gasteiger charge is -2.21. The van der Waals surface area contributed by atoms with Crippen LogP contribution in [-0.4, -0.2) is 21.3 Å². The predicted molar refractivity (Wildman–Crippen MR) is 80.6 cm³/mol. The van der Waals surface area contributed by atoms with Gasteiger partial charge in [0.15, 0.2) is 0 Å². The molecule has 3 nitrogen and oxygen atoms in total. The number of nitrogens with one attached hydrogen (secondary N) is 1. The Hall–Kier alpha value is -1.06. The van der Waals surface area contributed by atoms with Crippen LogP contribution in [0.5, 0.6) is 0 Å². The summed E-state index contributed by atoms with van der Waals surface area (Å²) in [5.41, 5.74) is 2.30. The van der Waals surface area contributed by atoms with E-state index in [0.29, 0.717) is 0 Å². The van der Waals surface area contributed by atoms with Crippen LogP contribution in [-0.2, 0) is 6.54 Å². The van der Waals surface area contributed by atoms with Crippen molar-refractivity contribution in [3.63, 3.8) is 0 Å². The Morgan fingerprint density at radius 1 is 1.37 bits per heavy atom. The minimum absolute atomic E-state index is 0.164. The summed E-state index contributed by atoms with van der Waals surface area (Å²) in [6.07, 6.45) is 5.07. The molecule has 0 aliphatic carbocycles. The maximum atomic E-state index is 6.32.